The smallest absolute Gasteiger partial charge is 0.304 e. The van der Waals surface area contributed by atoms with Crippen molar-refractivity contribution in [2.24, 2.45) is 0 Å². The third-order valence-electron chi connectivity index (χ3n) is 3.23. The summed E-state index contributed by atoms with van der Waals surface area (Å²) >= 11 is 0. The minimum absolute atomic E-state index is 0.0195. The van der Waals surface area contributed by atoms with Crippen molar-refractivity contribution in [3.63, 3.8) is 0 Å². The fourth-order valence-electron chi connectivity index (χ4n) is 2.03. The topological polar surface area (TPSA) is 57.5 Å². The number of aliphatic hydroxyl groups excluding tert-OH is 1. The van der Waals surface area contributed by atoms with Crippen LogP contribution in [0.3, 0.4) is 0 Å². The quantitative estimate of drug-likeness (QED) is 0.864. The number of benzene rings is 1. The van der Waals surface area contributed by atoms with Crippen LogP contribution in [0.1, 0.15) is 49.8 Å². The van der Waals surface area contributed by atoms with Crippen molar-refractivity contribution in [3.05, 3.63) is 34.9 Å². The zero-order chi connectivity index (χ0) is 13.9. The Morgan fingerprint density at radius 2 is 1.94 bits per heavy atom. The molecule has 0 aromatic heterocycles. The molecule has 1 unspecified atom stereocenters. The maximum absolute atomic E-state index is 10.8. The van der Waals surface area contributed by atoms with Gasteiger partial charge in [-0.2, -0.15) is 0 Å². The van der Waals surface area contributed by atoms with Crippen molar-refractivity contribution in [1.29, 1.82) is 0 Å². The maximum atomic E-state index is 10.8. The molecule has 0 aliphatic heterocycles. The van der Waals surface area contributed by atoms with E-state index in [1.165, 1.54) is 0 Å². The van der Waals surface area contributed by atoms with Crippen LogP contribution in [0.25, 0.3) is 0 Å². The van der Waals surface area contributed by atoms with Crippen molar-refractivity contribution < 1.29 is 15.0 Å². The van der Waals surface area contributed by atoms with E-state index in [4.69, 9.17) is 5.11 Å². The average molecular weight is 250 g/mol. The molecule has 1 aromatic rings. The largest absolute Gasteiger partial charge is 0.481 e. The first-order valence-corrected chi connectivity index (χ1v) is 6.19. The number of aliphatic hydroxyl groups is 1. The van der Waals surface area contributed by atoms with E-state index in [1.807, 2.05) is 19.1 Å². The molecule has 0 aliphatic carbocycles. The lowest BCUT2D eigenvalue weighted by Gasteiger charge is -2.23. The monoisotopic (exact) mass is 250 g/mol. The molecule has 0 amide bonds. The molecule has 1 atom stereocenters. The number of carboxylic acid groups (broad SMARTS) is 1. The summed E-state index contributed by atoms with van der Waals surface area (Å²) in [5.41, 5.74) is 3.15. The van der Waals surface area contributed by atoms with E-state index in [1.54, 1.807) is 0 Å². The van der Waals surface area contributed by atoms with Gasteiger partial charge in [0.1, 0.15) is 0 Å². The molecule has 0 aliphatic rings. The van der Waals surface area contributed by atoms with Gasteiger partial charge < -0.3 is 10.2 Å². The Labute approximate surface area is 108 Å². The highest BCUT2D eigenvalue weighted by molar-refractivity contribution is 5.68. The number of aliphatic carboxylic acids is 1. The van der Waals surface area contributed by atoms with Gasteiger partial charge in [0.25, 0.3) is 0 Å². The van der Waals surface area contributed by atoms with Crippen LogP contribution < -0.4 is 0 Å². The second kappa shape index (κ2) is 5.53. The Kier molecular flexibility index (Phi) is 4.52. The number of aryl methyl sites for hydroxylation is 1. The van der Waals surface area contributed by atoms with E-state index in [0.29, 0.717) is 0 Å². The first-order chi connectivity index (χ1) is 8.25. The van der Waals surface area contributed by atoms with Crippen molar-refractivity contribution in [3.8, 4) is 0 Å². The van der Waals surface area contributed by atoms with Gasteiger partial charge in [0.15, 0.2) is 0 Å². The van der Waals surface area contributed by atoms with E-state index in [9.17, 15) is 9.90 Å². The molecule has 2 N–H and O–H groups in total. The van der Waals surface area contributed by atoms with Crippen LogP contribution in [0.15, 0.2) is 18.2 Å². The van der Waals surface area contributed by atoms with Crippen molar-refractivity contribution in [2.75, 3.05) is 6.61 Å². The molecular weight excluding hydrogens is 228 g/mol. The van der Waals surface area contributed by atoms with Gasteiger partial charge >= 0.3 is 5.97 Å². The average Bonchev–Trinajstić information content (AvgIpc) is 2.25. The molecule has 0 saturated heterocycles. The highest BCUT2D eigenvalue weighted by atomic mass is 16.4. The van der Waals surface area contributed by atoms with Crippen LogP contribution in [-0.2, 0) is 10.2 Å². The zero-order valence-corrected chi connectivity index (χ0v) is 11.5. The third-order valence-corrected chi connectivity index (χ3v) is 3.23. The Balaban J connectivity index is 3.17. The van der Waals surface area contributed by atoms with Crippen LogP contribution in [0.4, 0.5) is 0 Å². The molecular formula is C15H22O3. The van der Waals surface area contributed by atoms with Gasteiger partial charge in [-0.05, 0) is 29.0 Å². The molecule has 0 radical (unpaired) electrons. The number of carbonyl (C=O) groups is 1. The summed E-state index contributed by atoms with van der Waals surface area (Å²) in [4.78, 5) is 10.8. The summed E-state index contributed by atoms with van der Waals surface area (Å²) < 4.78 is 0. The van der Waals surface area contributed by atoms with Gasteiger partial charge in [0, 0.05) is 5.92 Å². The third kappa shape index (κ3) is 3.57. The molecule has 0 spiro atoms. The summed E-state index contributed by atoms with van der Waals surface area (Å²) in [7, 11) is 0. The summed E-state index contributed by atoms with van der Waals surface area (Å²) in [5.74, 6) is -1.21. The van der Waals surface area contributed by atoms with Crippen LogP contribution >= 0.6 is 0 Å². The molecule has 1 aromatic carbocycles. The Hall–Kier alpha value is -1.35. The summed E-state index contributed by atoms with van der Waals surface area (Å²) in [6.07, 6.45) is -0.0368. The highest BCUT2D eigenvalue weighted by Gasteiger charge is 2.20. The van der Waals surface area contributed by atoms with E-state index in [2.05, 4.69) is 26.8 Å². The first kappa shape index (κ1) is 14.7. The second-order valence-electron chi connectivity index (χ2n) is 5.80. The number of hydrogen-bond donors (Lipinski definition) is 2. The van der Waals surface area contributed by atoms with Gasteiger partial charge in [-0.3, -0.25) is 4.79 Å². The first-order valence-electron chi connectivity index (χ1n) is 6.19. The SMILES string of the molecule is Cc1ccc(C(C)(C)C)cc1C(CO)CC(=O)O. The minimum Gasteiger partial charge on any atom is -0.481 e. The zero-order valence-electron chi connectivity index (χ0n) is 11.5. The van der Waals surface area contributed by atoms with Crippen LogP contribution in [0.5, 0.6) is 0 Å². The minimum atomic E-state index is -0.880. The number of rotatable bonds is 4. The van der Waals surface area contributed by atoms with Crippen molar-refractivity contribution in [2.45, 2.75) is 45.4 Å². The molecule has 3 nitrogen and oxygen atoms in total. The molecule has 0 bridgehead atoms. The van der Waals surface area contributed by atoms with E-state index in [-0.39, 0.29) is 24.4 Å². The molecule has 0 saturated carbocycles. The second-order valence-corrected chi connectivity index (χ2v) is 5.80. The lowest BCUT2D eigenvalue weighted by atomic mass is 9.82. The predicted molar refractivity (Wildman–Crippen MR) is 72.0 cm³/mol. The molecule has 3 heteroatoms. The lowest BCUT2D eigenvalue weighted by molar-refractivity contribution is -0.137. The Bertz CT molecular complexity index is 430. The normalized spacial score (nSPS) is 13.4. The van der Waals surface area contributed by atoms with E-state index < -0.39 is 5.97 Å². The summed E-state index contributed by atoms with van der Waals surface area (Å²) in [6.45, 7) is 8.17. The fraction of sp³-hybridized carbons (Fsp3) is 0.533. The fourth-order valence-corrected chi connectivity index (χ4v) is 2.03. The maximum Gasteiger partial charge on any atom is 0.304 e. The van der Waals surface area contributed by atoms with Crippen LogP contribution in [-0.4, -0.2) is 22.8 Å². The van der Waals surface area contributed by atoms with E-state index in [0.717, 1.165) is 16.7 Å². The predicted octanol–water partition coefficient (Wildman–Crippen LogP) is 2.84. The Morgan fingerprint density at radius 3 is 2.39 bits per heavy atom. The van der Waals surface area contributed by atoms with E-state index >= 15 is 0 Å². The van der Waals surface area contributed by atoms with Gasteiger partial charge in [-0.1, -0.05) is 39.0 Å². The van der Waals surface area contributed by atoms with Crippen molar-refractivity contribution >= 4 is 5.97 Å². The molecule has 18 heavy (non-hydrogen) atoms. The molecule has 100 valence electrons. The Morgan fingerprint density at radius 1 is 1.33 bits per heavy atom. The summed E-state index contributed by atoms with van der Waals surface area (Å²) in [6, 6.07) is 6.09. The highest BCUT2D eigenvalue weighted by Crippen LogP contribution is 2.29. The van der Waals surface area contributed by atoms with Crippen LogP contribution in [0.2, 0.25) is 0 Å². The molecule has 1 rings (SSSR count). The van der Waals surface area contributed by atoms with Gasteiger partial charge in [-0.25, -0.2) is 0 Å². The van der Waals surface area contributed by atoms with Gasteiger partial charge in [0.2, 0.25) is 0 Å². The molecule has 0 fully saturated rings. The van der Waals surface area contributed by atoms with Crippen LogP contribution in [0, 0.1) is 6.92 Å². The number of carboxylic acids is 1. The van der Waals surface area contributed by atoms with Crippen molar-refractivity contribution in [1.82, 2.24) is 0 Å². The summed E-state index contributed by atoms with van der Waals surface area (Å²) in [5, 5.41) is 18.3. The number of hydrogen-bond acceptors (Lipinski definition) is 2. The molecule has 0 heterocycles. The van der Waals surface area contributed by atoms with Gasteiger partial charge in [0.05, 0.1) is 13.0 Å². The van der Waals surface area contributed by atoms with Gasteiger partial charge in [-0.15, -0.1) is 0 Å². The lowest BCUT2D eigenvalue weighted by Crippen LogP contribution is -2.15. The standard InChI is InChI=1S/C15H22O3/c1-10-5-6-12(15(2,3)4)8-13(10)11(9-16)7-14(17)18/h5-6,8,11,16H,7,9H2,1-4H3,(H,17,18).